The Bertz CT molecular complexity index is 715. The van der Waals surface area contributed by atoms with Crippen LogP contribution in [-0.2, 0) is 28.8 Å². The van der Waals surface area contributed by atoms with Crippen LogP contribution in [0.2, 0.25) is 0 Å². The monoisotopic (exact) mass is 461 g/mol. The van der Waals surface area contributed by atoms with Gasteiger partial charge in [-0.2, -0.15) is 0 Å². The lowest BCUT2D eigenvalue weighted by Crippen LogP contribution is -2.59. The molecule has 0 bridgehead atoms. The van der Waals surface area contributed by atoms with E-state index in [2.05, 4.69) is 16.0 Å². The molecule has 4 amide bonds. The molecule has 0 rings (SSSR count). The molecule has 0 spiro atoms. The second-order valence-corrected chi connectivity index (χ2v) is 7.22. The predicted octanol–water partition coefficient (Wildman–Crippen LogP) is -3.37. The summed E-state index contributed by atoms with van der Waals surface area (Å²) in [5.41, 5.74) is 10.5. The highest BCUT2D eigenvalue weighted by atomic mass is 16.4. The number of carboxylic acids is 2. The number of carbonyl (C=O) groups is 6. The highest BCUT2D eigenvalue weighted by molar-refractivity contribution is 5.96. The first kappa shape index (κ1) is 28.7. The summed E-state index contributed by atoms with van der Waals surface area (Å²) in [6.45, 7) is 2.58. The molecule has 0 heterocycles. The first-order valence-electron chi connectivity index (χ1n) is 9.84. The van der Waals surface area contributed by atoms with Crippen molar-refractivity contribution >= 4 is 35.6 Å². The largest absolute Gasteiger partial charge is 0.481 e. The lowest BCUT2D eigenvalue weighted by molar-refractivity contribution is -0.144. The maximum absolute atomic E-state index is 12.7. The minimum Gasteiger partial charge on any atom is -0.481 e. The fourth-order valence-electron chi connectivity index (χ4n) is 2.51. The lowest BCUT2D eigenvalue weighted by Gasteiger charge is -2.27. The smallest absolute Gasteiger partial charge is 0.326 e. The zero-order valence-electron chi connectivity index (χ0n) is 17.9. The summed E-state index contributed by atoms with van der Waals surface area (Å²) in [6, 6.07) is -5.64. The SMILES string of the molecule is CCC(C)C(NC(=O)C(CC(N)=O)NC(=O)C(N)CO)C(=O)NC(CCC(=O)O)C(=O)O. The van der Waals surface area contributed by atoms with Crippen molar-refractivity contribution in [2.75, 3.05) is 6.61 Å². The van der Waals surface area contributed by atoms with Gasteiger partial charge in [-0.3, -0.25) is 24.0 Å². The number of nitrogens with one attached hydrogen (secondary N) is 3. The van der Waals surface area contributed by atoms with Crippen LogP contribution in [0.1, 0.15) is 39.5 Å². The number of rotatable bonds is 15. The van der Waals surface area contributed by atoms with Gasteiger partial charge in [0.25, 0.3) is 0 Å². The molecule has 5 unspecified atom stereocenters. The van der Waals surface area contributed by atoms with Crippen LogP contribution in [0.5, 0.6) is 0 Å². The van der Waals surface area contributed by atoms with Gasteiger partial charge in [0.1, 0.15) is 24.2 Å². The number of amides is 4. The molecule has 5 atom stereocenters. The van der Waals surface area contributed by atoms with Gasteiger partial charge >= 0.3 is 11.9 Å². The fourth-order valence-corrected chi connectivity index (χ4v) is 2.51. The average molecular weight is 461 g/mol. The van der Waals surface area contributed by atoms with Crippen molar-refractivity contribution in [3.8, 4) is 0 Å². The molecule has 0 saturated heterocycles. The van der Waals surface area contributed by atoms with Gasteiger partial charge in [0.15, 0.2) is 0 Å². The third kappa shape index (κ3) is 10.2. The number of aliphatic hydroxyl groups excluding tert-OH is 1. The molecule has 0 aromatic heterocycles. The Labute approximate surface area is 184 Å². The number of carboxylic acid groups (broad SMARTS) is 2. The molecular weight excluding hydrogens is 430 g/mol. The van der Waals surface area contributed by atoms with Crippen LogP contribution in [-0.4, -0.2) is 81.7 Å². The van der Waals surface area contributed by atoms with Crippen LogP contribution in [0.25, 0.3) is 0 Å². The number of aliphatic carboxylic acids is 2. The molecule has 0 aromatic rings. The first-order chi connectivity index (χ1) is 14.8. The molecule has 0 radical (unpaired) electrons. The van der Waals surface area contributed by atoms with E-state index in [4.69, 9.17) is 21.7 Å². The van der Waals surface area contributed by atoms with Gasteiger partial charge in [-0.1, -0.05) is 20.3 Å². The van der Waals surface area contributed by atoms with Gasteiger partial charge in [0.05, 0.1) is 13.0 Å². The zero-order valence-corrected chi connectivity index (χ0v) is 17.9. The number of aliphatic hydroxyl groups is 1. The van der Waals surface area contributed by atoms with Crippen LogP contribution in [0.3, 0.4) is 0 Å². The van der Waals surface area contributed by atoms with E-state index in [1.165, 1.54) is 0 Å². The van der Waals surface area contributed by atoms with Gasteiger partial charge in [-0.15, -0.1) is 0 Å². The number of nitrogens with two attached hydrogens (primary N) is 2. The molecule has 0 aromatic carbocycles. The Morgan fingerprint density at radius 1 is 0.906 bits per heavy atom. The van der Waals surface area contributed by atoms with Crippen LogP contribution < -0.4 is 27.4 Å². The van der Waals surface area contributed by atoms with Crippen molar-refractivity contribution in [3.05, 3.63) is 0 Å². The van der Waals surface area contributed by atoms with E-state index in [9.17, 15) is 33.9 Å². The van der Waals surface area contributed by atoms with Crippen molar-refractivity contribution < 1.29 is 44.1 Å². The molecule has 0 aliphatic rings. The van der Waals surface area contributed by atoms with Crippen LogP contribution >= 0.6 is 0 Å². The van der Waals surface area contributed by atoms with Crippen molar-refractivity contribution in [2.45, 2.75) is 63.7 Å². The second kappa shape index (κ2) is 13.9. The van der Waals surface area contributed by atoms with E-state index in [1.807, 2.05) is 0 Å². The second-order valence-electron chi connectivity index (χ2n) is 7.22. The summed E-state index contributed by atoms with van der Waals surface area (Å²) in [7, 11) is 0. The van der Waals surface area contributed by atoms with E-state index < -0.39 is 85.1 Å². The van der Waals surface area contributed by atoms with Gasteiger partial charge < -0.3 is 42.7 Å². The highest BCUT2D eigenvalue weighted by Crippen LogP contribution is 2.10. The number of primary amides is 1. The Morgan fingerprint density at radius 2 is 1.47 bits per heavy atom. The molecule has 0 aliphatic carbocycles. The summed E-state index contributed by atoms with van der Waals surface area (Å²) >= 11 is 0. The molecule has 14 heteroatoms. The summed E-state index contributed by atoms with van der Waals surface area (Å²) in [6.07, 6.45) is -1.12. The fraction of sp³-hybridized carbons (Fsp3) is 0.667. The van der Waals surface area contributed by atoms with Crippen molar-refractivity contribution in [1.82, 2.24) is 16.0 Å². The molecule has 182 valence electrons. The lowest BCUT2D eigenvalue weighted by atomic mass is 9.97. The maximum atomic E-state index is 12.7. The third-order valence-electron chi connectivity index (χ3n) is 4.63. The van der Waals surface area contributed by atoms with Crippen LogP contribution in [0, 0.1) is 5.92 Å². The topological polar surface area (TPSA) is 251 Å². The van der Waals surface area contributed by atoms with Gasteiger partial charge in [-0.25, -0.2) is 4.79 Å². The number of carbonyl (C=O) groups excluding carboxylic acids is 4. The molecule has 0 fully saturated rings. The van der Waals surface area contributed by atoms with Crippen molar-refractivity contribution in [2.24, 2.45) is 17.4 Å². The zero-order chi connectivity index (χ0) is 25.0. The van der Waals surface area contributed by atoms with E-state index >= 15 is 0 Å². The number of hydrogen-bond donors (Lipinski definition) is 8. The number of hydrogen-bond acceptors (Lipinski definition) is 8. The minimum atomic E-state index is -1.51. The summed E-state index contributed by atoms with van der Waals surface area (Å²) in [4.78, 5) is 70.6. The maximum Gasteiger partial charge on any atom is 0.326 e. The van der Waals surface area contributed by atoms with Gasteiger partial charge in [0.2, 0.25) is 23.6 Å². The van der Waals surface area contributed by atoms with Gasteiger partial charge in [0, 0.05) is 6.42 Å². The normalized spacial score (nSPS) is 15.4. The molecular formula is C18H31N5O9. The molecule has 0 saturated carbocycles. The molecule has 10 N–H and O–H groups in total. The summed E-state index contributed by atoms with van der Waals surface area (Å²) in [5.74, 6) is -6.92. The average Bonchev–Trinajstić information content (AvgIpc) is 2.71. The standard InChI is InChI=1S/C18H31N5O9/c1-3-8(2)14(17(30)21-10(18(31)32)4-5-13(26)27)23-16(29)11(6-12(20)25)22-15(28)9(19)7-24/h8-11,14,24H,3-7,19H2,1-2H3,(H2,20,25)(H,21,30)(H,22,28)(H,23,29)(H,26,27)(H,31,32). The van der Waals surface area contributed by atoms with E-state index in [0.29, 0.717) is 6.42 Å². The van der Waals surface area contributed by atoms with E-state index in [-0.39, 0.29) is 6.42 Å². The summed E-state index contributed by atoms with van der Waals surface area (Å²) < 4.78 is 0. The highest BCUT2D eigenvalue weighted by Gasteiger charge is 2.33. The van der Waals surface area contributed by atoms with Crippen LogP contribution in [0.15, 0.2) is 0 Å². The quantitative estimate of drug-likeness (QED) is 0.120. The molecule has 32 heavy (non-hydrogen) atoms. The van der Waals surface area contributed by atoms with E-state index in [1.54, 1.807) is 13.8 Å². The van der Waals surface area contributed by atoms with Crippen LogP contribution in [0.4, 0.5) is 0 Å². The van der Waals surface area contributed by atoms with Crippen molar-refractivity contribution in [3.63, 3.8) is 0 Å². The van der Waals surface area contributed by atoms with Gasteiger partial charge in [-0.05, 0) is 12.3 Å². The third-order valence-corrected chi connectivity index (χ3v) is 4.63. The Balaban J connectivity index is 5.54. The Hall–Kier alpha value is -3.26. The predicted molar refractivity (Wildman–Crippen MR) is 109 cm³/mol. The van der Waals surface area contributed by atoms with E-state index in [0.717, 1.165) is 0 Å². The Kier molecular flexibility index (Phi) is 12.5. The minimum absolute atomic E-state index is 0.378. The summed E-state index contributed by atoms with van der Waals surface area (Å²) in [5, 5.41) is 33.6. The Morgan fingerprint density at radius 3 is 1.91 bits per heavy atom. The van der Waals surface area contributed by atoms with Crippen molar-refractivity contribution in [1.29, 1.82) is 0 Å². The first-order valence-corrected chi connectivity index (χ1v) is 9.84. The molecule has 14 nitrogen and oxygen atoms in total. The molecule has 0 aliphatic heterocycles.